The number of amides is 1. The van der Waals surface area contributed by atoms with Crippen LogP contribution in [0.5, 0.6) is 5.75 Å². The zero-order valence-corrected chi connectivity index (χ0v) is 15.9. The van der Waals surface area contributed by atoms with Crippen LogP contribution in [0.15, 0.2) is 64.8 Å². The number of anilines is 1. The number of ether oxygens (including phenoxy) is 2. The molecule has 1 amide bonds. The first-order chi connectivity index (χ1) is 14.5. The number of para-hydroxylation sites is 2. The van der Waals surface area contributed by atoms with Gasteiger partial charge in [0.1, 0.15) is 16.7 Å². The number of nitrogens with two attached hydrogens (primary N) is 1. The number of aromatic amines is 1. The number of carbonyl (C=O) groups is 2. The minimum Gasteiger partial charge on any atom is -0.462 e. The molecule has 1 aromatic heterocycles. The molecule has 8 heteroatoms. The van der Waals surface area contributed by atoms with Crippen LogP contribution in [0.25, 0.3) is 10.9 Å². The molecule has 5 rings (SSSR count). The highest BCUT2D eigenvalue weighted by atomic mass is 16.5. The minimum absolute atomic E-state index is 0.000836. The molecule has 0 aliphatic carbocycles. The minimum atomic E-state index is -1.79. The predicted octanol–water partition coefficient (Wildman–Crippen LogP) is 1.89. The lowest BCUT2D eigenvalue weighted by atomic mass is 9.68. The van der Waals surface area contributed by atoms with Gasteiger partial charge in [-0.3, -0.25) is 9.59 Å². The molecule has 0 saturated heterocycles. The fourth-order valence-electron chi connectivity index (χ4n) is 4.34. The Bertz CT molecular complexity index is 1340. The van der Waals surface area contributed by atoms with Crippen LogP contribution in [0.2, 0.25) is 0 Å². The average molecular weight is 403 g/mol. The summed E-state index contributed by atoms with van der Waals surface area (Å²) in [5.41, 5.74) is 5.10. The molecule has 3 heterocycles. The van der Waals surface area contributed by atoms with Crippen molar-refractivity contribution in [3.8, 4) is 5.75 Å². The Kier molecular flexibility index (Phi) is 3.73. The second-order valence-electron chi connectivity index (χ2n) is 7.02. The van der Waals surface area contributed by atoms with E-state index in [0.717, 1.165) is 0 Å². The summed E-state index contributed by atoms with van der Waals surface area (Å²) in [6.07, 6.45) is 0. The number of aromatic nitrogens is 1. The monoisotopic (exact) mass is 403 g/mol. The van der Waals surface area contributed by atoms with E-state index in [-0.39, 0.29) is 29.4 Å². The quantitative estimate of drug-likeness (QED) is 0.562. The molecule has 30 heavy (non-hydrogen) atoms. The Hall–Kier alpha value is -4.07. The molecular weight excluding hydrogens is 386 g/mol. The lowest BCUT2D eigenvalue weighted by Crippen LogP contribution is -2.49. The molecule has 4 N–H and O–H groups in total. The topological polar surface area (TPSA) is 124 Å². The number of pyridine rings is 1. The molecule has 0 saturated carbocycles. The maximum absolute atomic E-state index is 13.5. The number of rotatable bonds is 2. The number of carbonyl (C=O) groups excluding carboxylic acids is 2. The van der Waals surface area contributed by atoms with E-state index in [1.165, 1.54) is 0 Å². The highest BCUT2D eigenvalue weighted by Crippen LogP contribution is 2.53. The number of esters is 1. The Morgan fingerprint density at radius 3 is 2.67 bits per heavy atom. The zero-order valence-electron chi connectivity index (χ0n) is 15.9. The number of nitrogens with one attached hydrogen (secondary N) is 2. The summed E-state index contributed by atoms with van der Waals surface area (Å²) in [5.74, 6) is -1.52. The number of H-pyrrole nitrogens is 1. The van der Waals surface area contributed by atoms with Gasteiger partial charge in [-0.15, -0.1) is 0 Å². The molecule has 0 radical (unpaired) electrons. The van der Waals surface area contributed by atoms with Crippen LogP contribution in [-0.4, -0.2) is 23.5 Å². The zero-order chi connectivity index (χ0) is 21.0. The third-order valence-electron chi connectivity index (χ3n) is 5.48. The van der Waals surface area contributed by atoms with Crippen LogP contribution in [0, 0.1) is 0 Å². The standard InChI is InChI=1S/C22H17N3O5/c1-2-29-20(27)16-18(23)30-17-11-7-3-5-9-13(11)24-19(26)15(17)22(16)12-8-4-6-10-14(12)25-21(22)28/h3-10H,2,23H2,1H3,(H,24,26)(H,25,28). The number of hydrogen-bond donors (Lipinski definition) is 3. The van der Waals surface area contributed by atoms with Gasteiger partial charge in [0.15, 0.2) is 0 Å². The van der Waals surface area contributed by atoms with Crippen molar-refractivity contribution in [2.75, 3.05) is 11.9 Å². The third kappa shape index (κ3) is 2.13. The van der Waals surface area contributed by atoms with Crippen molar-refractivity contribution in [2.45, 2.75) is 12.3 Å². The van der Waals surface area contributed by atoms with E-state index in [9.17, 15) is 14.4 Å². The SMILES string of the molecule is CCOC(=O)C1=C(N)Oc2c(c(=O)[nH]c3ccccc23)C12C(=O)Nc1ccccc12. The summed E-state index contributed by atoms with van der Waals surface area (Å²) in [5, 5.41) is 3.34. The Morgan fingerprint density at radius 1 is 1.13 bits per heavy atom. The summed E-state index contributed by atoms with van der Waals surface area (Å²) < 4.78 is 11.0. The van der Waals surface area contributed by atoms with Crippen molar-refractivity contribution in [1.29, 1.82) is 0 Å². The molecule has 2 aromatic carbocycles. The first kappa shape index (κ1) is 18.0. The molecule has 2 aliphatic rings. The molecule has 1 unspecified atom stereocenters. The molecule has 0 bridgehead atoms. The first-order valence-electron chi connectivity index (χ1n) is 9.41. The van der Waals surface area contributed by atoms with E-state index in [4.69, 9.17) is 15.2 Å². The Morgan fingerprint density at radius 2 is 1.87 bits per heavy atom. The van der Waals surface area contributed by atoms with E-state index < -0.39 is 22.9 Å². The van der Waals surface area contributed by atoms with Crippen LogP contribution in [0.3, 0.4) is 0 Å². The fourth-order valence-corrected chi connectivity index (χ4v) is 4.34. The highest BCUT2D eigenvalue weighted by Gasteiger charge is 2.60. The van der Waals surface area contributed by atoms with Crippen LogP contribution in [0.4, 0.5) is 5.69 Å². The highest BCUT2D eigenvalue weighted by molar-refractivity contribution is 6.18. The maximum Gasteiger partial charge on any atom is 0.341 e. The molecule has 1 atom stereocenters. The van der Waals surface area contributed by atoms with Gasteiger partial charge < -0.3 is 25.5 Å². The van der Waals surface area contributed by atoms with Gasteiger partial charge in [-0.2, -0.15) is 0 Å². The van der Waals surface area contributed by atoms with Crippen LogP contribution >= 0.6 is 0 Å². The second kappa shape index (κ2) is 6.21. The number of fused-ring (bicyclic) bond motifs is 6. The van der Waals surface area contributed by atoms with E-state index >= 15 is 0 Å². The van der Waals surface area contributed by atoms with Gasteiger partial charge >= 0.3 is 5.97 Å². The third-order valence-corrected chi connectivity index (χ3v) is 5.48. The van der Waals surface area contributed by atoms with E-state index in [0.29, 0.717) is 22.2 Å². The van der Waals surface area contributed by atoms with Gasteiger partial charge in [-0.1, -0.05) is 30.3 Å². The normalized spacial score (nSPS) is 19.3. The van der Waals surface area contributed by atoms with Crippen LogP contribution in [0.1, 0.15) is 18.1 Å². The van der Waals surface area contributed by atoms with Crippen LogP contribution < -0.4 is 21.3 Å². The molecule has 150 valence electrons. The van der Waals surface area contributed by atoms with Crippen molar-refractivity contribution < 1.29 is 19.1 Å². The van der Waals surface area contributed by atoms with Gasteiger partial charge in [-0.25, -0.2) is 4.79 Å². The summed E-state index contributed by atoms with van der Waals surface area (Å²) in [4.78, 5) is 42.6. The summed E-state index contributed by atoms with van der Waals surface area (Å²) in [6.45, 7) is 1.71. The van der Waals surface area contributed by atoms with Crippen molar-refractivity contribution in [3.63, 3.8) is 0 Å². The molecule has 2 aliphatic heterocycles. The van der Waals surface area contributed by atoms with Gasteiger partial charge in [0.2, 0.25) is 11.8 Å². The van der Waals surface area contributed by atoms with E-state index in [1.807, 2.05) is 0 Å². The van der Waals surface area contributed by atoms with Crippen molar-refractivity contribution in [2.24, 2.45) is 5.73 Å². The van der Waals surface area contributed by atoms with Crippen molar-refractivity contribution >= 4 is 28.5 Å². The van der Waals surface area contributed by atoms with Gasteiger partial charge in [0.05, 0.1) is 17.7 Å². The summed E-state index contributed by atoms with van der Waals surface area (Å²) >= 11 is 0. The van der Waals surface area contributed by atoms with Crippen LogP contribution in [-0.2, 0) is 19.7 Å². The smallest absolute Gasteiger partial charge is 0.341 e. The van der Waals surface area contributed by atoms with E-state index in [2.05, 4.69) is 10.3 Å². The second-order valence-corrected chi connectivity index (χ2v) is 7.02. The maximum atomic E-state index is 13.5. The summed E-state index contributed by atoms with van der Waals surface area (Å²) in [6, 6.07) is 13.9. The summed E-state index contributed by atoms with van der Waals surface area (Å²) in [7, 11) is 0. The molecular formula is C22H17N3O5. The number of hydrogen-bond acceptors (Lipinski definition) is 6. The molecule has 8 nitrogen and oxygen atoms in total. The van der Waals surface area contributed by atoms with Gasteiger partial charge in [-0.05, 0) is 25.1 Å². The number of benzene rings is 2. The molecule has 1 spiro atoms. The largest absolute Gasteiger partial charge is 0.462 e. The Balaban J connectivity index is 1.97. The molecule has 0 fully saturated rings. The average Bonchev–Trinajstić information content (AvgIpc) is 3.00. The molecule has 3 aromatic rings. The predicted molar refractivity (Wildman–Crippen MR) is 109 cm³/mol. The van der Waals surface area contributed by atoms with E-state index in [1.54, 1.807) is 55.5 Å². The van der Waals surface area contributed by atoms with Gasteiger partial charge in [0, 0.05) is 16.6 Å². The Labute approximate surface area is 170 Å². The first-order valence-corrected chi connectivity index (χ1v) is 9.41. The van der Waals surface area contributed by atoms with Gasteiger partial charge in [0.25, 0.3) is 5.56 Å². The van der Waals surface area contributed by atoms with Crippen molar-refractivity contribution in [3.05, 3.63) is 81.5 Å². The lowest BCUT2D eigenvalue weighted by molar-refractivity contribution is -0.140. The van der Waals surface area contributed by atoms with Crippen molar-refractivity contribution in [1.82, 2.24) is 4.98 Å². The lowest BCUT2D eigenvalue weighted by Gasteiger charge is -2.35. The fraction of sp³-hybridized carbons (Fsp3) is 0.136.